The van der Waals surface area contributed by atoms with Crippen LogP contribution >= 0.6 is 11.3 Å². The van der Waals surface area contributed by atoms with Crippen LogP contribution in [-0.2, 0) is 0 Å². The average Bonchev–Trinajstić information content (AvgIpc) is 3.35. The Labute approximate surface area is 160 Å². The Morgan fingerprint density at radius 2 is 2.07 bits per heavy atom. The molecule has 0 fully saturated rings. The zero-order valence-corrected chi connectivity index (χ0v) is 16.0. The van der Waals surface area contributed by atoms with Crippen LogP contribution in [0.4, 0.5) is 0 Å². The third-order valence-corrected chi connectivity index (χ3v) is 4.76. The number of aromatic nitrogens is 1. The average molecular weight is 377 g/mol. The molecule has 1 aromatic carbocycles. The fourth-order valence-corrected chi connectivity index (χ4v) is 3.46. The molecule has 5 nitrogen and oxygen atoms in total. The number of benzene rings is 1. The van der Waals surface area contributed by atoms with Gasteiger partial charge in [0.1, 0.15) is 22.8 Å². The van der Waals surface area contributed by atoms with E-state index < -0.39 is 0 Å². The van der Waals surface area contributed by atoms with Crippen LogP contribution in [0.1, 0.15) is 18.4 Å². The standard InChI is InChI=1S/C21H19N3O2S/c1-14(2)11-22-21-24(23-12-17-9-8-15(3)25-17)18(13-27-21)20-10-16-6-4-5-7-19(16)26-20/h4-10,12-13H,1,11H2,2-3H3. The van der Waals surface area contributed by atoms with Crippen molar-refractivity contribution in [1.29, 1.82) is 0 Å². The Kier molecular flexibility index (Phi) is 4.64. The van der Waals surface area contributed by atoms with Gasteiger partial charge < -0.3 is 8.83 Å². The lowest BCUT2D eigenvalue weighted by Gasteiger charge is -2.00. The van der Waals surface area contributed by atoms with Crippen molar-refractivity contribution >= 4 is 28.5 Å². The number of fused-ring (bicyclic) bond motifs is 1. The Morgan fingerprint density at radius 1 is 1.22 bits per heavy atom. The van der Waals surface area contributed by atoms with Gasteiger partial charge in [-0.05, 0) is 38.1 Å². The summed E-state index contributed by atoms with van der Waals surface area (Å²) >= 11 is 1.51. The molecule has 4 aromatic rings. The maximum Gasteiger partial charge on any atom is 0.206 e. The largest absolute Gasteiger partial charge is 0.460 e. The SMILES string of the molecule is C=C(C)CN=c1scc(-c2cc3ccccc3o2)n1N=Cc1ccc(C)o1. The van der Waals surface area contributed by atoms with Gasteiger partial charge in [0.15, 0.2) is 5.76 Å². The lowest BCUT2D eigenvalue weighted by atomic mass is 10.2. The van der Waals surface area contributed by atoms with E-state index in [9.17, 15) is 0 Å². The van der Waals surface area contributed by atoms with E-state index in [2.05, 4.69) is 16.7 Å². The first-order valence-corrected chi connectivity index (χ1v) is 9.43. The van der Waals surface area contributed by atoms with Crippen molar-refractivity contribution in [2.24, 2.45) is 10.1 Å². The molecular formula is C21H19N3O2S. The monoisotopic (exact) mass is 377 g/mol. The predicted molar refractivity (Wildman–Crippen MR) is 109 cm³/mol. The quantitative estimate of drug-likeness (QED) is 0.353. The van der Waals surface area contributed by atoms with E-state index in [4.69, 9.17) is 8.83 Å². The number of para-hydroxylation sites is 1. The summed E-state index contributed by atoms with van der Waals surface area (Å²) in [6.45, 7) is 8.33. The van der Waals surface area contributed by atoms with Gasteiger partial charge in [0.05, 0.1) is 12.8 Å². The topological polar surface area (TPSA) is 55.9 Å². The van der Waals surface area contributed by atoms with Crippen molar-refractivity contribution in [2.45, 2.75) is 13.8 Å². The fourth-order valence-electron chi connectivity index (χ4n) is 2.64. The highest BCUT2D eigenvalue weighted by Crippen LogP contribution is 2.28. The third-order valence-electron chi connectivity index (χ3n) is 3.91. The van der Waals surface area contributed by atoms with E-state index in [1.54, 1.807) is 10.9 Å². The maximum absolute atomic E-state index is 6.02. The van der Waals surface area contributed by atoms with Gasteiger partial charge in [-0.1, -0.05) is 30.4 Å². The van der Waals surface area contributed by atoms with Gasteiger partial charge in [-0.25, -0.2) is 4.68 Å². The minimum absolute atomic E-state index is 0.551. The molecule has 0 saturated heterocycles. The summed E-state index contributed by atoms with van der Waals surface area (Å²) in [4.78, 5) is 5.39. The number of rotatable bonds is 5. The lowest BCUT2D eigenvalue weighted by molar-refractivity contribution is 0.527. The lowest BCUT2D eigenvalue weighted by Crippen LogP contribution is -2.12. The second-order valence-corrected chi connectivity index (χ2v) is 7.17. The van der Waals surface area contributed by atoms with E-state index >= 15 is 0 Å². The van der Waals surface area contributed by atoms with Crippen molar-refractivity contribution < 1.29 is 8.83 Å². The zero-order valence-electron chi connectivity index (χ0n) is 15.2. The molecule has 0 atom stereocenters. The van der Waals surface area contributed by atoms with Gasteiger partial charge in [0.25, 0.3) is 0 Å². The van der Waals surface area contributed by atoms with Gasteiger partial charge in [0.2, 0.25) is 4.80 Å². The van der Waals surface area contributed by atoms with Crippen LogP contribution in [0, 0.1) is 6.92 Å². The van der Waals surface area contributed by atoms with Crippen molar-refractivity contribution in [3.05, 3.63) is 76.3 Å². The van der Waals surface area contributed by atoms with Crippen LogP contribution in [0.2, 0.25) is 0 Å². The first-order valence-electron chi connectivity index (χ1n) is 8.55. The first kappa shape index (κ1) is 17.3. The van der Waals surface area contributed by atoms with E-state index in [0.717, 1.165) is 38.6 Å². The molecule has 0 N–H and O–H groups in total. The van der Waals surface area contributed by atoms with Gasteiger partial charge >= 0.3 is 0 Å². The smallest absolute Gasteiger partial charge is 0.206 e. The normalized spacial score (nSPS) is 12.4. The Balaban J connectivity index is 1.82. The van der Waals surface area contributed by atoms with Crippen LogP contribution in [-0.4, -0.2) is 17.4 Å². The van der Waals surface area contributed by atoms with E-state index in [1.165, 1.54) is 11.3 Å². The number of hydrogen-bond acceptors (Lipinski definition) is 5. The number of nitrogens with zero attached hydrogens (tertiary/aromatic N) is 3. The highest BCUT2D eigenvalue weighted by atomic mass is 32.1. The van der Waals surface area contributed by atoms with Gasteiger partial charge in [-0.2, -0.15) is 5.10 Å². The highest BCUT2D eigenvalue weighted by Gasteiger charge is 2.12. The second kappa shape index (κ2) is 7.25. The summed E-state index contributed by atoms with van der Waals surface area (Å²) in [6, 6.07) is 13.8. The summed E-state index contributed by atoms with van der Waals surface area (Å²) in [7, 11) is 0. The highest BCUT2D eigenvalue weighted by molar-refractivity contribution is 7.07. The minimum Gasteiger partial charge on any atom is -0.460 e. The molecule has 3 heterocycles. The summed E-state index contributed by atoms with van der Waals surface area (Å²) in [5.74, 6) is 2.28. The molecule has 6 heteroatoms. The molecule has 3 aromatic heterocycles. The van der Waals surface area contributed by atoms with E-state index in [1.807, 2.05) is 61.7 Å². The molecule has 0 amide bonds. The number of furan rings is 2. The molecule has 0 aliphatic carbocycles. The minimum atomic E-state index is 0.551. The summed E-state index contributed by atoms with van der Waals surface area (Å²) in [5.41, 5.74) is 2.68. The van der Waals surface area contributed by atoms with Crippen molar-refractivity contribution in [2.75, 3.05) is 6.54 Å². The molecule has 0 spiro atoms. The molecular weight excluding hydrogens is 358 g/mol. The summed E-state index contributed by atoms with van der Waals surface area (Å²) in [5, 5.41) is 7.65. The molecule has 0 radical (unpaired) electrons. The molecule has 4 rings (SSSR count). The molecule has 0 aliphatic rings. The molecule has 0 aliphatic heterocycles. The van der Waals surface area contributed by atoms with Gasteiger partial charge in [-0.15, -0.1) is 11.3 Å². The predicted octanol–water partition coefficient (Wildman–Crippen LogP) is 5.22. The Morgan fingerprint density at radius 3 is 2.81 bits per heavy atom. The van der Waals surface area contributed by atoms with Crippen molar-refractivity contribution in [1.82, 2.24) is 4.68 Å². The van der Waals surface area contributed by atoms with Gasteiger partial charge in [-0.3, -0.25) is 4.99 Å². The Bertz CT molecular complexity index is 1170. The number of aryl methyl sites for hydroxylation is 1. The second-order valence-electron chi connectivity index (χ2n) is 6.33. The van der Waals surface area contributed by atoms with E-state index in [-0.39, 0.29) is 0 Å². The van der Waals surface area contributed by atoms with Crippen molar-refractivity contribution in [3.63, 3.8) is 0 Å². The molecule has 136 valence electrons. The van der Waals surface area contributed by atoms with Crippen LogP contribution in [0.3, 0.4) is 0 Å². The number of hydrogen-bond donors (Lipinski definition) is 0. The fraction of sp³-hybridized carbons (Fsp3) is 0.143. The molecule has 0 bridgehead atoms. The summed E-state index contributed by atoms with van der Waals surface area (Å²) < 4.78 is 13.4. The molecule has 0 unspecified atom stereocenters. The van der Waals surface area contributed by atoms with Crippen LogP contribution in [0.15, 0.2) is 78.9 Å². The number of thiazole rings is 1. The first-order chi connectivity index (χ1) is 13.1. The van der Waals surface area contributed by atoms with E-state index in [0.29, 0.717) is 12.3 Å². The third kappa shape index (κ3) is 3.71. The maximum atomic E-state index is 6.02. The van der Waals surface area contributed by atoms with Crippen LogP contribution < -0.4 is 4.80 Å². The van der Waals surface area contributed by atoms with Crippen LogP contribution in [0.25, 0.3) is 22.4 Å². The molecule has 27 heavy (non-hydrogen) atoms. The Hall–Kier alpha value is -3.12. The van der Waals surface area contributed by atoms with Crippen molar-refractivity contribution in [3.8, 4) is 11.5 Å². The van der Waals surface area contributed by atoms with Gasteiger partial charge in [0, 0.05) is 10.8 Å². The summed E-state index contributed by atoms with van der Waals surface area (Å²) in [6.07, 6.45) is 1.69. The van der Waals surface area contributed by atoms with Crippen LogP contribution in [0.5, 0.6) is 0 Å². The molecule has 0 saturated carbocycles. The zero-order chi connectivity index (χ0) is 18.8.